The zero-order valence-corrected chi connectivity index (χ0v) is 28.1. The largest absolute Gasteiger partial charge is 1.00 e. The molecule has 0 bridgehead atoms. The van der Waals surface area contributed by atoms with Crippen LogP contribution in [-0.2, 0) is 31.0 Å². The van der Waals surface area contributed by atoms with Crippen LogP contribution >= 0.6 is 23.5 Å². The van der Waals surface area contributed by atoms with Crippen LogP contribution in [0.25, 0.3) is 0 Å². The molecule has 0 aliphatic carbocycles. The van der Waals surface area contributed by atoms with Crippen molar-refractivity contribution < 1.29 is 63.4 Å². The molecule has 0 radical (unpaired) electrons. The van der Waals surface area contributed by atoms with Gasteiger partial charge in [0, 0.05) is 37.7 Å². The molecule has 4 aliphatic heterocycles. The van der Waals surface area contributed by atoms with E-state index in [1.165, 1.54) is 45.4 Å². The van der Waals surface area contributed by atoms with Gasteiger partial charge in [-0.25, -0.2) is 19.3 Å². The number of β-lactam (4-membered cyclic amide) rings is 1. The molecule has 0 saturated carbocycles. The van der Waals surface area contributed by atoms with Gasteiger partial charge in [-0.1, -0.05) is 42.1 Å². The first-order valence-corrected chi connectivity index (χ1v) is 15.6. The Bertz CT molecular complexity index is 1650. The van der Waals surface area contributed by atoms with Crippen molar-refractivity contribution in [1.82, 2.24) is 46.0 Å². The van der Waals surface area contributed by atoms with Crippen LogP contribution < -0.4 is 50.6 Å². The van der Waals surface area contributed by atoms with E-state index in [0.29, 0.717) is 22.8 Å². The molecule has 3 N–H and O–H groups in total. The van der Waals surface area contributed by atoms with E-state index >= 15 is 0 Å². The molecule has 2 fully saturated rings. The Morgan fingerprint density at radius 3 is 2.72 bits per heavy atom. The number of tetrazole rings is 1. The average Bonchev–Trinajstić information content (AvgIpc) is 3.79. The third-order valence-electron chi connectivity index (χ3n) is 7.27. The molecule has 0 spiro atoms. The van der Waals surface area contributed by atoms with E-state index in [1.54, 1.807) is 37.4 Å². The number of carbonyl (C=O) groups is 5. The SMILES string of the molecule is Cn1nnnc1SCC1=C(C(=O)[O-])N2C(=O)C(NC(=O)[C@H](NC(=O)N3CCNC3N=C3C=COC3=O)c3ccccc3)[C@H]2SC1.[Na+]. The number of cyclic esters (lactones) is 1. The summed E-state index contributed by atoms with van der Waals surface area (Å²) in [5.41, 5.74) is 0.726. The van der Waals surface area contributed by atoms with Crippen molar-refractivity contribution in [3.05, 3.63) is 59.5 Å². The number of ether oxygens (including phenoxy) is 1. The second kappa shape index (κ2) is 14.3. The predicted molar refractivity (Wildman–Crippen MR) is 155 cm³/mol. The average molecular weight is 677 g/mol. The number of aryl methyl sites for hydroxylation is 1. The number of nitrogens with one attached hydrogen (secondary N) is 3. The van der Waals surface area contributed by atoms with E-state index < -0.39 is 53.5 Å². The third kappa shape index (κ3) is 6.69. The number of carboxylic acid groups (broad SMARTS) is 1. The van der Waals surface area contributed by atoms with Crippen LogP contribution in [0.4, 0.5) is 4.79 Å². The minimum atomic E-state index is -1.50. The molecular formula is C26H25N10NaO7S2. The first-order chi connectivity index (χ1) is 21.7. The molecule has 2 aromatic rings. The molecule has 4 atom stereocenters. The summed E-state index contributed by atoms with van der Waals surface area (Å²) in [6, 6.07) is 5.58. The molecule has 46 heavy (non-hydrogen) atoms. The number of aromatic nitrogens is 4. The van der Waals surface area contributed by atoms with Gasteiger partial charge < -0.3 is 25.3 Å². The first-order valence-electron chi connectivity index (χ1n) is 13.6. The predicted octanol–water partition coefficient (Wildman–Crippen LogP) is -5.14. The zero-order valence-electron chi connectivity index (χ0n) is 24.5. The topological polar surface area (TPSA) is 216 Å². The molecule has 1 aromatic carbocycles. The fourth-order valence-electron chi connectivity index (χ4n) is 5.06. The number of hydrogen-bond acceptors (Lipinski definition) is 14. The smallest absolute Gasteiger partial charge is 0.543 e. The number of amides is 4. The Morgan fingerprint density at radius 2 is 2.04 bits per heavy atom. The molecule has 5 heterocycles. The van der Waals surface area contributed by atoms with E-state index in [-0.39, 0.29) is 59.0 Å². The maximum absolute atomic E-state index is 13.7. The number of aliphatic carboxylic acids is 1. The Labute approximate surface area is 291 Å². The van der Waals surface area contributed by atoms with Gasteiger partial charge in [0.25, 0.3) is 5.91 Å². The number of urea groups is 1. The minimum absolute atomic E-state index is 0. The number of esters is 1. The molecule has 2 unspecified atom stereocenters. The molecule has 1 aromatic heterocycles. The van der Waals surface area contributed by atoms with Gasteiger partial charge in [-0.3, -0.25) is 24.7 Å². The summed E-state index contributed by atoms with van der Waals surface area (Å²) in [4.78, 5) is 71.0. The van der Waals surface area contributed by atoms with E-state index in [1.807, 2.05) is 0 Å². The molecular weight excluding hydrogens is 651 g/mol. The fraction of sp³-hybridized carbons (Fsp3) is 0.346. The molecule has 17 nitrogen and oxygen atoms in total. The Kier molecular flexibility index (Phi) is 10.5. The number of aliphatic imine (C=N–C) groups is 1. The summed E-state index contributed by atoms with van der Waals surface area (Å²) in [6.07, 6.45) is 1.72. The number of benzene rings is 1. The monoisotopic (exact) mass is 676 g/mol. The van der Waals surface area contributed by atoms with Crippen LogP contribution in [0.15, 0.2) is 64.1 Å². The number of carboxylic acids is 1. The Balaban J connectivity index is 0.00000417. The Hall–Kier alpha value is -3.75. The second-order valence-corrected chi connectivity index (χ2v) is 12.1. The van der Waals surface area contributed by atoms with E-state index in [2.05, 4.69) is 36.5 Å². The standard InChI is InChI=1S/C26H26N10O7S2.Na/c1-34-26(31-32-33-34)45-12-14-11-44-21-17(20(38)36(21)18(14)22(39)40)29-19(37)16(13-5-3-2-4-6-13)30-25(42)35-9-8-27-24(35)28-15-7-10-43-23(15)41;/h2-7,10,16-17,21,24,27H,8-9,11-12H2,1H3,(H,29,37)(H,30,42)(H,39,40);/q;+1/p-1/t16-,17?,21-,24?;/m1./s1. The molecule has 234 valence electrons. The molecule has 4 amide bonds. The van der Waals surface area contributed by atoms with Crippen molar-refractivity contribution >= 4 is 59.0 Å². The number of fused-ring (bicyclic) bond motifs is 1. The molecule has 20 heteroatoms. The summed E-state index contributed by atoms with van der Waals surface area (Å²) >= 11 is 2.52. The van der Waals surface area contributed by atoms with Gasteiger partial charge in [0.2, 0.25) is 11.1 Å². The van der Waals surface area contributed by atoms with E-state index in [4.69, 9.17) is 4.74 Å². The maximum atomic E-state index is 13.7. The van der Waals surface area contributed by atoms with Crippen LogP contribution in [0, 0.1) is 0 Å². The summed E-state index contributed by atoms with van der Waals surface area (Å²) < 4.78 is 6.20. The molecule has 4 aliphatic rings. The van der Waals surface area contributed by atoms with Gasteiger partial charge in [0.15, 0.2) is 6.29 Å². The van der Waals surface area contributed by atoms with Crippen LogP contribution in [0.5, 0.6) is 0 Å². The van der Waals surface area contributed by atoms with Gasteiger partial charge in [0.05, 0.1) is 17.9 Å². The van der Waals surface area contributed by atoms with E-state index in [0.717, 1.165) is 4.90 Å². The fourth-order valence-corrected chi connectivity index (χ4v) is 7.39. The van der Waals surface area contributed by atoms with Gasteiger partial charge >= 0.3 is 41.6 Å². The van der Waals surface area contributed by atoms with E-state index in [9.17, 15) is 29.1 Å². The minimum Gasteiger partial charge on any atom is -0.543 e. The van der Waals surface area contributed by atoms with Gasteiger partial charge in [-0.2, -0.15) is 0 Å². The second-order valence-electron chi connectivity index (χ2n) is 10.0. The number of nitrogens with zero attached hydrogens (tertiary/aromatic N) is 7. The van der Waals surface area contributed by atoms with Crippen molar-refractivity contribution in [1.29, 1.82) is 0 Å². The van der Waals surface area contributed by atoms with Crippen LogP contribution in [-0.4, -0.2) is 108 Å². The summed E-state index contributed by atoms with van der Waals surface area (Å²) in [6.45, 7) is 0.640. The summed E-state index contributed by atoms with van der Waals surface area (Å²) in [7, 11) is 1.65. The third-order valence-corrected chi connectivity index (χ3v) is 9.70. The zero-order chi connectivity index (χ0) is 31.7. The quantitative estimate of drug-likeness (QED) is 0.0982. The van der Waals surface area contributed by atoms with Crippen molar-refractivity contribution in [2.75, 3.05) is 24.6 Å². The normalized spacial score (nSPS) is 23.4. The molecule has 6 rings (SSSR count). The number of thioether (sulfide) groups is 2. The van der Waals surface area contributed by atoms with Gasteiger partial charge in [-0.05, 0) is 21.6 Å². The van der Waals surface area contributed by atoms with Crippen LogP contribution in [0.2, 0.25) is 0 Å². The summed E-state index contributed by atoms with van der Waals surface area (Å²) in [5, 5.41) is 31.5. The number of rotatable bonds is 9. The van der Waals surface area contributed by atoms with Gasteiger partial charge in [0.1, 0.15) is 23.2 Å². The van der Waals surface area contributed by atoms with Crippen molar-refractivity contribution in [3.63, 3.8) is 0 Å². The van der Waals surface area contributed by atoms with Crippen molar-refractivity contribution in [3.8, 4) is 0 Å². The Morgan fingerprint density at radius 1 is 1.26 bits per heavy atom. The van der Waals surface area contributed by atoms with Crippen LogP contribution in [0.1, 0.15) is 11.6 Å². The number of carbonyl (C=O) groups excluding carboxylic acids is 5. The number of hydrogen-bond donors (Lipinski definition) is 3. The first kappa shape index (κ1) is 33.6. The maximum Gasteiger partial charge on any atom is 1.00 e. The van der Waals surface area contributed by atoms with Crippen molar-refractivity contribution in [2.24, 2.45) is 12.0 Å². The van der Waals surface area contributed by atoms with Crippen LogP contribution in [0.3, 0.4) is 0 Å². The molecule has 2 saturated heterocycles. The summed E-state index contributed by atoms with van der Waals surface area (Å²) in [5.74, 6) is -2.93. The van der Waals surface area contributed by atoms with Crippen molar-refractivity contribution in [2.45, 2.75) is 28.9 Å². The van der Waals surface area contributed by atoms with Gasteiger partial charge in [-0.15, -0.1) is 16.9 Å².